The maximum atomic E-state index is 12.4. The smallest absolute Gasteiger partial charge is 0.256 e. The van der Waals surface area contributed by atoms with Gasteiger partial charge in [0.1, 0.15) is 5.75 Å². The molecule has 0 unspecified atom stereocenters. The van der Waals surface area contributed by atoms with Gasteiger partial charge in [-0.25, -0.2) is 0 Å². The molecule has 1 amide bonds. The molecule has 0 aromatic heterocycles. The molecule has 98 valence electrons. The van der Waals surface area contributed by atoms with Gasteiger partial charge in [0.25, 0.3) is 5.91 Å². The molecule has 1 aliphatic heterocycles. The highest BCUT2D eigenvalue weighted by Gasteiger charge is 2.25. The lowest BCUT2D eigenvalue weighted by atomic mass is 10.1. The van der Waals surface area contributed by atoms with Crippen LogP contribution in [-0.4, -0.2) is 43.7 Å². The van der Waals surface area contributed by atoms with Gasteiger partial charge in [0.05, 0.1) is 31.9 Å². The highest BCUT2D eigenvalue weighted by Crippen LogP contribution is 2.22. The number of anilines is 1. The maximum absolute atomic E-state index is 12.4. The van der Waals surface area contributed by atoms with E-state index in [9.17, 15) is 4.79 Å². The first-order chi connectivity index (χ1) is 8.63. The van der Waals surface area contributed by atoms with E-state index in [2.05, 4.69) is 0 Å². The molecule has 0 spiro atoms. The van der Waals surface area contributed by atoms with Crippen molar-refractivity contribution in [3.05, 3.63) is 23.8 Å². The zero-order valence-electron chi connectivity index (χ0n) is 10.7. The van der Waals surface area contributed by atoms with Crippen LogP contribution in [-0.2, 0) is 4.74 Å². The van der Waals surface area contributed by atoms with Crippen LogP contribution in [0.3, 0.4) is 0 Å². The monoisotopic (exact) mass is 250 g/mol. The summed E-state index contributed by atoms with van der Waals surface area (Å²) in [6.07, 6.45) is 0. The Hall–Kier alpha value is -1.75. The second kappa shape index (κ2) is 5.27. The van der Waals surface area contributed by atoms with Crippen molar-refractivity contribution in [2.45, 2.75) is 13.0 Å². The van der Waals surface area contributed by atoms with Gasteiger partial charge in [-0.2, -0.15) is 0 Å². The Morgan fingerprint density at radius 2 is 2.33 bits per heavy atom. The Balaban J connectivity index is 2.22. The molecule has 1 saturated heterocycles. The molecule has 0 aliphatic carbocycles. The van der Waals surface area contributed by atoms with Gasteiger partial charge in [0.2, 0.25) is 0 Å². The van der Waals surface area contributed by atoms with Crippen LogP contribution in [0.4, 0.5) is 5.69 Å². The number of nitrogens with two attached hydrogens (primary N) is 1. The van der Waals surface area contributed by atoms with Crippen molar-refractivity contribution in [3.8, 4) is 5.75 Å². The predicted octanol–water partition coefficient (Wildman–Crippen LogP) is 1.14. The Labute approximate surface area is 106 Å². The van der Waals surface area contributed by atoms with Crippen molar-refractivity contribution < 1.29 is 14.3 Å². The van der Waals surface area contributed by atoms with Crippen LogP contribution in [0.2, 0.25) is 0 Å². The SMILES string of the molecule is COc1ccc(C(=O)N2CCOC[C@H]2C)c(N)c1. The van der Waals surface area contributed by atoms with E-state index in [4.69, 9.17) is 15.2 Å². The molecule has 1 fully saturated rings. The fraction of sp³-hybridized carbons (Fsp3) is 0.462. The van der Waals surface area contributed by atoms with E-state index in [0.29, 0.717) is 36.8 Å². The fourth-order valence-electron chi connectivity index (χ4n) is 2.05. The summed E-state index contributed by atoms with van der Waals surface area (Å²) in [6.45, 7) is 3.72. The average molecular weight is 250 g/mol. The zero-order valence-corrected chi connectivity index (χ0v) is 10.7. The summed E-state index contributed by atoms with van der Waals surface area (Å²) in [6, 6.07) is 5.19. The minimum atomic E-state index is -0.0500. The first-order valence-corrected chi connectivity index (χ1v) is 5.95. The molecule has 5 heteroatoms. The largest absolute Gasteiger partial charge is 0.497 e. The summed E-state index contributed by atoms with van der Waals surface area (Å²) in [5, 5.41) is 0. The molecule has 1 aromatic rings. The second-order valence-corrected chi connectivity index (χ2v) is 4.38. The lowest BCUT2D eigenvalue weighted by molar-refractivity contribution is 0.00365. The third kappa shape index (κ3) is 2.41. The van der Waals surface area contributed by atoms with Gasteiger partial charge in [0.15, 0.2) is 0 Å². The van der Waals surface area contributed by atoms with Gasteiger partial charge in [-0.15, -0.1) is 0 Å². The molecular weight excluding hydrogens is 232 g/mol. The number of carbonyl (C=O) groups is 1. The quantitative estimate of drug-likeness (QED) is 0.799. The molecule has 2 N–H and O–H groups in total. The van der Waals surface area contributed by atoms with Crippen LogP contribution in [0.15, 0.2) is 18.2 Å². The molecule has 18 heavy (non-hydrogen) atoms. The fourth-order valence-corrected chi connectivity index (χ4v) is 2.05. The van der Waals surface area contributed by atoms with Crippen molar-refractivity contribution in [3.63, 3.8) is 0 Å². The van der Waals surface area contributed by atoms with E-state index in [1.165, 1.54) is 0 Å². The number of ether oxygens (including phenoxy) is 2. The Morgan fingerprint density at radius 3 is 2.94 bits per heavy atom. The third-order valence-corrected chi connectivity index (χ3v) is 3.12. The van der Waals surface area contributed by atoms with Gasteiger partial charge < -0.3 is 20.1 Å². The normalized spacial score (nSPS) is 19.7. The van der Waals surface area contributed by atoms with E-state index in [-0.39, 0.29) is 11.9 Å². The standard InChI is InChI=1S/C13H18N2O3/c1-9-8-18-6-5-15(9)13(16)11-4-3-10(17-2)7-12(11)14/h3-4,7,9H,5-6,8,14H2,1-2H3/t9-/m1/s1. The van der Waals surface area contributed by atoms with Gasteiger partial charge in [-0.05, 0) is 19.1 Å². The van der Waals surface area contributed by atoms with E-state index in [1.807, 2.05) is 6.92 Å². The predicted molar refractivity (Wildman–Crippen MR) is 68.7 cm³/mol. The summed E-state index contributed by atoms with van der Waals surface area (Å²) in [5.74, 6) is 0.602. The van der Waals surface area contributed by atoms with Crippen LogP contribution in [0, 0.1) is 0 Å². The molecule has 0 radical (unpaired) electrons. The van der Waals surface area contributed by atoms with Crippen molar-refractivity contribution >= 4 is 11.6 Å². The van der Waals surface area contributed by atoms with E-state index < -0.39 is 0 Å². The lowest BCUT2D eigenvalue weighted by Crippen LogP contribution is -2.47. The highest BCUT2D eigenvalue weighted by molar-refractivity contribution is 5.99. The summed E-state index contributed by atoms with van der Waals surface area (Å²) in [5.41, 5.74) is 6.85. The van der Waals surface area contributed by atoms with Crippen LogP contribution < -0.4 is 10.5 Å². The van der Waals surface area contributed by atoms with E-state index in [0.717, 1.165) is 0 Å². The van der Waals surface area contributed by atoms with E-state index >= 15 is 0 Å². The number of hydrogen-bond acceptors (Lipinski definition) is 4. The Bertz CT molecular complexity index is 448. The average Bonchev–Trinajstić information content (AvgIpc) is 2.38. The van der Waals surface area contributed by atoms with Crippen molar-refractivity contribution in [1.82, 2.24) is 4.90 Å². The molecule has 1 aromatic carbocycles. The topological polar surface area (TPSA) is 64.8 Å². The zero-order chi connectivity index (χ0) is 13.1. The molecule has 1 aliphatic rings. The summed E-state index contributed by atoms with van der Waals surface area (Å²) >= 11 is 0. The third-order valence-electron chi connectivity index (χ3n) is 3.12. The second-order valence-electron chi connectivity index (χ2n) is 4.38. The number of morpholine rings is 1. The van der Waals surface area contributed by atoms with Gasteiger partial charge in [-0.3, -0.25) is 4.79 Å². The van der Waals surface area contributed by atoms with Crippen LogP contribution in [0.25, 0.3) is 0 Å². The Morgan fingerprint density at radius 1 is 1.56 bits per heavy atom. The number of methoxy groups -OCH3 is 1. The number of rotatable bonds is 2. The number of nitrogen functional groups attached to an aromatic ring is 1. The maximum Gasteiger partial charge on any atom is 0.256 e. The van der Waals surface area contributed by atoms with Gasteiger partial charge in [0, 0.05) is 18.3 Å². The van der Waals surface area contributed by atoms with Crippen molar-refractivity contribution in [2.24, 2.45) is 0 Å². The minimum absolute atomic E-state index is 0.0500. The van der Waals surface area contributed by atoms with Gasteiger partial charge in [-0.1, -0.05) is 0 Å². The summed E-state index contributed by atoms with van der Waals surface area (Å²) < 4.78 is 10.4. The van der Waals surface area contributed by atoms with Crippen LogP contribution in [0.5, 0.6) is 5.75 Å². The van der Waals surface area contributed by atoms with Crippen molar-refractivity contribution in [1.29, 1.82) is 0 Å². The first kappa shape index (κ1) is 12.7. The Kier molecular flexibility index (Phi) is 3.72. The lowest BCUT2D eigenvalue weighted by Gasteiger charge is -2.33. The highest BCUT2D eigenvalue weighted by atomic mass is 16.5. The molecule has 2 rings (SSSR count). The van der Waals surface area contributed by atoms with E-state index in [1.54, 1.807) is 30.2 Å². The summed E-state index contributed by atoms with van der Waals surface area (Å²) in [4.78, 5) is 14.2. The molecular formula is C13H18N2O3. The molecule has 0 bridgehead atoms. The molecule has 0 saturated carbocycles. The minimum Gasteiger partial charge on any atom is -0.497 e. The van der Waals surface area contributed by atoms with Crippen LogP contribution >= 0.6 is 0 Å². The molecule has 5 nitrogen and oxygen atoms in total. The number of amides is 1. The number of nitrogens with zero attached hydrogens (tertiary/aromatic N) is 1. The summed E-state index contributed by atoms with van der Waals surface area (Å²) in [7, 11) is 1.57. The first-order valence-electron chi connectivity index (χ1n) is 5.95. The number of hydrogen-bond donors (Lipinski definition) is 1. The number of carbonyl (C=O) groups excluding carboxylic acids is 1. The number of benzene rings is 1. The van der Waals surface area contributed by atoms with Gasteiger partial charge >= 0.3 is 0 Å². The van der Waals surface area contributed by atoms with Crippen molar-refractivity contribution in [2.75, 3.05) is 32.6 Å². The van der Waals surface area contributed by atoms with Crippen LogP contribution in [0.1, 0.15) is 17.3 Å². The molecule has 1 heterocycles. The molecule has 1 atom stereocenters.